The van der Waals surface area contributed by atoms with Crippen molar-refractivity contribution in [2.24, 2.45) is 23.2 Å². The monoisotopic (exact) mass is 594 g/mol. The number of rotatable bonds is 8. The van der Waals surface area contributed by atoms with Crippen molar-refractivity contribution in [3.05, 3.63) is 40.4 Å². The molecule has 0 saturated heterocycles. The summed E-state index contributed by atoms with van der Waals surface area (Å²) in [4.78, 5) is 55.7. The van der Waals surface area contributed by atoms with Crippen LogP contribution in [0.25, 0.3) is 0 Å². The number of nitrogens with one attached hydrogen (secondary N) is 1. The summed E-state index contributed by atoms with van der Waals surface area (Å²) >= 11 is 1.47. The SMILES string of the molecule is Cc1cnc(NC(=O)CCC2CC(=O)[C@@]3(C)CCC4c5ccc(OC(=O)CCC(=O)OC(C)(C)C)cc5CCC4C23)s1. The highest BCUT2D eigenvalue weighted by Gasteiger charge is 2.58. The second kappa shape index (κ2) is 11.9. The Morgan fingerprint density at radius 1 is 1.12 bits per heavy atom. The molecule has 0 spiro atoms. The number of hydrogen-bond donors (Lipinski definition) is 1. The van der Waals surface area contributed by atoms with Crippen LogP contribution < -0.4 is 10.1 Å². The van der Waals surface area contributed by atoms with Crippen LogP contribution >= 0.6 is 11.3 Å². The number of fused-ring (bicyclic) bond motifs is 5. The van der Waals surface area contributed by atoms with E-state index >= 15 is 0 Å². The van der Waals surface area contributed by atoms with Crippen LogP contribution in [-0.4, -0.2) is 34.2 Å². The topological polar surface area (TPSA) is 112 Å². The summed E-state index contributed by atoms with van der Waals surface area (Å²) in [5.41, 5.74) is 1.57. The highest BCUT2D eigenvalue weighted by molar-refractivity contribution is 7.15. The van der Waals surface area contributed by atoms with Gasteiger partial charge < -0.3 is 14.8 Å². The summed E-state index contributed by atoms with van der Waals surface area (Å²) in [7, 11) is 0. The van der Waals surface area contributed by atoms with Crippen molar-refractivity contribution in [2.75, 3.05) is 5.32 Å². The Morgan fingerprint density at radius 2 is 1.88 bits per heavy atom. The molecule has 0 aliphatic heterocycles. The number of hydrogen-bond acceptors (Lipinski definition) is 8. The predicted octanol–water partition coefficient (Wildman–Crippen LogP) is 6.55. The highest BCUT2D eigenvalue weighted by Crippen LogP contribution is 2.62. The van der Waals surface area contributed by atoms with E-state index in [9.17, 15) is 19.2 Å². The van der Waals surface area contributed by atoms with E-state index in [1.165, 1.54) is 22.5 Å². The first-order chi connectivity index (χ1) is 19.8. The second-order valence-electron chi connectivity index (χ2n) is 13.5. The normalized spacial score (nSPS) is 26.5. The average molecular weight is 595 g/mol. The fourth-order valence-corrected chi connectivity index (χ4v) is 8.32. The number of anilines is 1. The predicted molar refractivity (Wildman–Crippen MR) is 160 cm³/mol. The number of carbonyl (C=O) groups is 4. The zero-order chi connectivity index (χ0) is 30.2. The summed E-state index contributed by atoms with van der Waals surface area (Å²) in [6, 6.07) is 5.90. The summed E-state index contributed by atoms with van der Waals surface area (Å²) in [6.07, 6.45) is 7.01. The van der Waals surface area contributed by atoms with Crippen molar-refractivity contribution in [3.63, 3.8) is 0 Å². The van der Waals surface area contributed by atoms with E-state index in [1.54, 1.807) is 27.0 Å². The third-order valence-electron chi connectivity index (χ3n) is 9.34. The van der Waals surface area contributed by atoms with Crippen molar-refractivity contribution in [2.45, 2.75) is 104 Å². The highest BCUT2D eigenvalue weighted by atomic mass is 32.1. The second-order valence-corrected chi connectivity index (χ2v) is 14.7. The minimum Gasteiger partial charge on any atom is -0.460 e. The number of amides is 1. The summed E-state index contributed by atoms with van der Waals surface area (Å²) in [5.74, 6) is 1.14. The van der Waals surface area contributed by atoms with E-state index < -0.39 is 17.5 Å². The van der Waals surface area contributed by atoms with Crippen molar-refractivity contribution < 1.29 is 28.7 Å². The van der Waals surface area contributed by atoms with Gasteiger partial charge in [-0.15, -0.1) is 11.3 Å². The van der Waals surface area contributed by atoms with Gasteiger partial charge in [-0.3, -0.25) is 19.2 Å². The standard InChI is InChI=1S/C33H42N2O6S/c1-19-18-34-31(42-19)35-27(37)11-7-21-17-26(36)33(5)15-14-24-23-10-8-22(16-20(23)6-9-25(24)30(21)33)40-28(38)12-13-29(39)41-32(2,3)4/h8,10,16,18,21,24-25,30H,6-7,9,11-15,17H2,1-5H3,(H,34,35,37)/t21?,24?,25?,30?,33-/m1/s1. The van der Waals surface area contributed by atoms with Crippen molar-refractivity contribution in [1.29, 1.82) is 0 Å². The number of Topliss-reactive ketones (excluding diaryl/α,β-unsaturated/α-hetero) is 1. The lowest BCUT2D eigenvalue weighted by molar-refractivity contribution is -0.156. The van der Waals surface area contributed by atoms with Gasteiger partial charge in [0.05, 0.1) is 12.8 Å². The Balaban J connectivity index is 1.22. The van der Waals surface area contributed by atoms with Crippen LogP contribution in [-0.2, 0) is 30.3 Å². The molecule has 1 aromatic carbocycles. The number of carbonyl (C=O) groups excluding carboxylic acids is 4. The molecule has 5 atom stereocenters. The lowest BCUT2D eigenvalue weighted by atomic mass is 9.54. The van der Waals surface area contributed by atoms with Crippen LogP contribution in [0.5, 0.6) is 5.75 Å². The molecule has 42 heavy (non-hydrogen) atoms. The molecule has 1 amide bonds. The van der Waals surface area contributed by atoms with Gasteiger partial charge in [-0.2, -0.15) is 0 Å². The smallest absolute Gasteiger partial charge is 0.311 e. The largest absolute Gasteiger partial charge is 0.460 e. The summed E-state index contributed by atoms with van der Waals surface area (Å²) in [5, 5.41) is 3.54. The van der Waals surface area contributed by atoms with Gasteiger partial charge in [-0.25, -0.2) is 4.98 Å². The molecule has 5 rings (SSSR count). The van der Waals surface area contributed by atoms with Gasteiger partial charge in [0.25, 0.3) is 0 Å². The zero-order valence-electron chi connectivity index (χ0n) is 25.3. The number of esters is 2. The van der Waals surface area contributed by atoms with E-state index in [-0.39, 0.29) is 36.0 Å². The Bertz CT molecular complexity index is 1380. The molecule has 0 radical (unpaired) electrons. The summed E-state index contributed by atoms with van der Waals surface area (Å²) < 4.78 is 10.9. The molecule has 1 heterocycles. The molecular formula is C33H42N2O6S. The minimum atomic E-state index is -0.588. The molecule has 1 aromatic heterocycles. The molecule has 3 aliphatic rings. The van der Waals surface area contributed by atoms with Crippen molar-refractivity contribution in [1.82, 2.24) is 4.98 Å². The first-order valence-corrected chi connectivity index (χ1v) is 15.9. The first kappa shape index (κ1) is 30.4. The molecule has 226 valence electrons. The Kier molecular flexibility index (Phi) is 8.61. The van der Waals surface area contributed by atoms with Gasteiger partial charge in [0.2, 0.25) is 5.91 Å². The van der Waals surface area contributed by atoms with Crippen LogP contribution in [0.1, 0.15) is 101 Å². The van der Waals surface area contributed by atoms with E-state index in [4.69, 9.17) is 9.47 Å². The van der Waals surface area contributed by atoms with E-state index in [1.807, 2.05) is 19.1 Å². The third kappa shape index (κ3) is 6.61. The molecule has 2 fully saturated rings. The average Bonchev–Trinajstić information content (AvgIpc) is 3.43. The van der Waals surface area contributed by atoms with Crippen molar-refractivity contribution >= 4 is 40.1 Å². The molecule has 1 N–H and O–H groups in total. The van der Waals surface area contributed by atoms with Crippen LogP contribution in [0.4, 0.5) is 5.13 Å². The molecule has 4 unspecified atom stereocenters. The molecule has 8 nitrogen and oxygen atoms in total. The lowest BCUT2D eigenvalue weighted by Crippen LogP contribution is -2.44. The van der Waals surface area contributed by atoms with Gasteiger partial charge in [-0.05, 0) is 107 Å². The number of thiazole rings is 1. The van der Waals surface area contributed by atoms with Crippen LogP contribution in [0.3, 0.4) is 0 Å². The van der Waals surface area contributed by atoms with Gasteiger partial charge in [0, 0.05) is 29.3 Å². The number of ether oxygens (including phenoxy) is 2. The number of aromatic nitrogens is 1. The molecular weight excluding hydrogens is 552 g/mol. The van der Waals surface area contributed by atoms with E-state index in [2.05, 4.69) is 23.3 Å². The number of aryl methyl sites for hydroxylation is 2. The molecule has 3 aliphatic carbocycles. The Morgan fingerprint density at radius 3 is 2.60 bits per heavy atom. The maximum Gasteiger partial charge on any atom is 0.311 e. The molecule has 2 saturated carbocycles. The van der Waals surface area contributed by atoms with E-state index in [0.29, 0.717) is 47.8 Å². The molecule has 9 heteroatoms. The number of ketones is 1. The fourth-order valence-electron chi connectivity index (χ4n) is 7.64. The lowest BCUT2D eigenvalue weighted by Gasteiger charge is -2.50. The van der Waals surface area contributed by atoms with Gasteiger partial charge in [0.15, 0.2) is 5.13 Å². The van der Waals surface area contributed by atoms with Crippen LogP contribution in [0, 0.1) is 30.1 Å². The first-order valence-electron chi connectivity index (χ1n) is 15.1. The molecule has 0 bridgehead atoms. The van der Waals surface area contributed by atoms with Gasteiger partial charge >= 0.3 is 11.9 Å². The van der Waals surface area contributed by atoms with Gasteiger partial charge in [-0.1, -0.05) is 13.0 Å². The zero-order valence-corrected chi connectivity index (χ0v) is 26.1. The molecule has 2 aromatic rings. The number of nitrogens with zero attached hydrogens (tertiary/aromatic N) is 1. The fraction of sp³-hybridized carbons (Fsp3) is 0.606. The Hall–Kier alpha value is -3.07. The minimum absolute atomic E-state index is 0.0168. The van der Waals surface area contributed by atoms with Crippen molar-refractivity contribution in [3.8, 4) is 5.75 Å². The van der Waals surface area contributed by atoms with E-state index in [0.717, 1.165) is 30.6 Å². The third-order valence-corrected chi connectivity index (χ3v) is 10.2. The number of benzene rings is 1. The van der Waals surface area contributed by atoms with Crippen LogP contribution in [0.2, 0.25) is 0 Å². The van der Waals surface area contributed by atoms with Crippen LogP contribution in [0.15, 0.2) is 24.4 Å². The maximum absolute atomic E-state index is 13.3. The summed E-state index contributed by atoms with van der Waals surface area (Å²) in [6.45, 7) is 9.50. The van der Waals surface area contributed by atoms with Gasteiger partial charge in [0.1, 0.15) is 17.1 Å². The quantitative estimate of drug-likeness (QED) is 0.272. The maximum atomic E-state index is 13.3. The Labute approximate surface area is 252 Å².